The molecule has 0 radical (unpaired) electrons. The molecule has 1 nitrogen and oxygen atoms in total. The highest BCUT2D eigenvalue weighted by Gasteiger charge is 1.86. The van der Waals surface area contributed by atoms with E-state index in [0.29, 0.717) is 0 Å². The molecule has 0 saturated carbocycles. The number of benzene rings is 1. The van der Waals surface area contributed by atoms with Gasteiger partial charge < -0.3 is 0 Å². The first kappa shape index (κ1) is 15.2. The molecule has 0 amide bonds. The van der Waals surface area contributed by atoms with Crippen LogP contribution in [0.25, 0.3) is 0 Å². The average Bonchev–Trinajstić information content (AvgIpc) is 2.22. The van der Waals surface area contributed by atoms with Crippen molar-refractivity contribution < 1.29 is 0 Å². The zero-order valence-electron chi connectivity index (χ0n) is 9.96. The van der Waals surface area contributed by atoms with Crippen molar-refractivity contribution in [2.24, 2.45) is 0 Å². The fourth-order valence-corrected chi connectivity index (χ4v) is 0.715. The largest absolute Gasteiger partial charge is 0.192 e. The Kier molecular flexibility index (Phi) is 12.7. The fourth-order valence-electron chi connectivity index (χ4n) is 0.715. The lowest BCUT2D eigenvalue weighted by molar-refractivity contribution is 1.09. The summed E-state index contributed by atoms with van der Waals surface area (Å²) in [5, 5.41) is 8.41. The lowest BCUT2D eigenvalue weighted by Gasteiger charge is -1.88. The second-order valence-corrected chi connectivity index (χ2v) is 2.69. The third-order valence-electron chi connectivity index (χ3n) is 1.15. The molecule has 1 aromatic carbocycles. The smallest absolute Gasteiger partial charge is 0.0991 e. The molecule has 0 unspecified atom stereocenters. The normalized spacial score (nSPS) is 7.14. The zero-order chi connectivity index (χ0) is 11.4. The van der Waals surface area contributed by atoms with Gasteiger partial charge in [-0.1, -0.05) is 46.2 Å². The van der Waals surface area contributed by atoms with E-state index in [4.69, 9.17) is 5.26 Å². The van der Waals surface area contributed by atoms with Crippen molar-refractivity contribution in [1.82, 2.24) is 0 Å². The van der Waals surface area contributed by atoms with Crippen molar-refractivity contribution >= 4 is 0 Å². The molecule has 0 aliphatic carbocycles. The van der Waals surface area contributed by atoms with E-state index in [1.165, 1.54) is 6.42 Å². The SMILES string of the molecule is CC.CCC.Cc1cccc(C#N)c1. The van der Waals surface area contributed by atoms with E-state index >= 15 is 0 Å². The van der Waals surface area contributed by atoms with Crippen molar-refractivity contribution in [2.45, 2.75) is 41.0 Å². The van der Waals surface area contributed by atoms with E-state index in [9.17, 15) is 0 Å². The van der Waals surface area contributed by atoms with Crippen LogP contribution in [-0.4, -0.2) is 0 Å². The summed E-state index contributed by atoms with van der Waals surface area (Å²) in [6.07, 6.45) is 1.25. The molecule has 0 atom stereocenters. The molecule has 1 heteroatoms. The minimum absolute atomic E-state index is 0.731. The van der Waals surface area contributed by atoms with Gasteiger partial charge in [0.1, 0.15) is 0 Å². The minimum Gasteiger partial charge on any atom is -0.192 e. The van der Waals surface area contributed by atoms with Gasteiger partial charge in [-0.2, -0.15) is 5.26 Å². The van der Waals surface area contributed by atoms with Gasteiger partial charge in [-0.15, -0.1) is 0 Å². The Labute approximate surface area is 88.4 Å². The van der Waals surface area contributed by atoms with Crippen LogP contribution in [0.3, 0.4) is 0 Å². The summed E-state index contributed by atoms with van der Waals surface area (Å²) in [5.74, 6) is 0. The predicted molar refractivity (Wildman–Crippen MR) is 63.2 cm³/mol. The molecule has 0 N–H and O–H groups in total. The Morgan fingerprint density at radius 2 is 1.71 bits per heavy atom. The van der Waals surface area contributed by atoms with Gasteiger partial charge in [0.05, 0.1) is 11.6 Å². The summed E-state index contributed by atoms with van der Waals surface area (Å²) in [5.41, 5.74) is 1.86. The molecule has 1 aromatic rings. The van der Waals surface area contributed by atoms with Crippen LogP contribution in [0.5, 0.6) is 0 Å². The average molecular weight is 191 g/mol. The molecule has 78 valence electrons. The molecule has 1 rings (SSSR count). The molecular weight excluding hydrogens is 170 g/mol. The topological polar surface area (TPSA) is 23.8 Å². The highest BCUT2D eigenvalue weighted by atomic mass is 14.2. The first-order valence-electron chi connectivity index (χ1n) is 5.21. The standard InChI is InChI=1S/C8H7N.C3H8.C2H6/c1-7-3-2-4-8(5-7)6-9;1-3-2;1-2/h2-5H,1H3;3H2,1-2H3;1-2H3. The van der Waals surface area contributed by atoms with Crippen molar-refractivity contribution in [1.29, 1.82) is 5.26 Å². The molecule has 0 spiro atoms. The first-order valence-corrected chi connectivity index (χ1v) is 5.21. The third kappa shape index (κ3) is 8.80. The van der Waals surface area contributed by atoms with Crippen LogP contribution in [-0.2, 0) is 0 Å². The number of hydrogen-bond acceptors (Lipinski definition) is 1. The summed E-state index contributed by atoms with van der Waals surface area (Å²) in [6.45, 7) is 10.2. The monoisotopic (exact) mass is 191 g/mol. The van der Waals surface area contributed by atoms with Crippen LogP contribution in [0, 0.1) is 18.3 Å². The van der Waals surface area contributed by atoms with E-state index in [0.717, 1.165) is 11.1 Å². The van der Waals surface area contributed by atoms with Crippen molar-refractivity contribution in [3.05, 3.63) is 35.4 Å². The van der Waals surface area contributed by atoms with Gasteiger partial charge in [0.25, 0.3) is 0 Å². The van der Waals surface area contributed by atoms with Crippen LogP contribution >= 0.6 is 0 Å². The van der Waals surface area contributed by atoms with Crippen molar-refractivity contribution in [3.63, 3.8) is 0 Å². The van der Waals surface area contributed by atoms with Gasteiger partial charge in [0, 0.05) is 0 Å². The maximum Gasteiger partial charge on any atom is 0.0991 e. The number of nitriles is 1. The Bertz CT molecular complexity index is 258. The lowest BCUT2D eigenvalue weighted by Crippen LogP contribution is -1.73. The highest BCUT2D eigenvalue weighted by molar-refractivity contribution is 5.31. The van der Waals surface area contributed by atoms with Gasteiger partial charge in [-0.25, -0.2) is 0 Å². The molecule has 0 aliphatic rings. The molecule has 0 aromatic heterocycles. The molecule has 0 heterocycles. The Morgan fingerprint density at radius 1 is 1.21 bits per heavy atom. The van der Waals surface area contributed by atoms with E-state index in [1.54, 1.807) is 6.07 Å². The molecule has 0 saturated heterocycles. The molecule has 14 heavy (non-hydrogen) atoms. The Morgan fingerprint density at radius 3 is 2.00 bits per heavy atom. The highest BCUT2D eigenvalue weighted by Crippen LogP contribution is 2.00. The van der Waals surface area contributed by atoms with E-state index in [2.05, 4.69) is 19.9 Å². The van der Waals surface area contributed by atoms with Crippen LogP contribution in [0.4, 0.5) is 0 Å². The number of hydrogen-bond donors (Lipinski definition) is 0. The summed E-state index contributed by atoms with van der Waals surface area (Å²) >= 11 is 0. The van der Waals surface area contributed by atoms with Gasteiger partial charge in [-0.05, 0) is 24.6 Å². The summed E-state index contributed by atoms with van der Waals surface area (Å²) < 4.78 is 0. The van der Waals surface area contributed by atoms with Gasteiger partial charge in [0.15, 0.2) is 0 Å². The third-order valence-corrected chi connectivity index (χ3v) is 1.15. The minimum atomic E-state index is 0.731. The predicted octanol–water partition coefficient (Wildman–Crippen LogP) is 4.31. The number of aryl methyl sites for hydroxylation is 1. The Hall–Kier alpha value is -1.29. The molecular formula is C13H21N. The molecule has 0 bridgehead atoms. The zero-order valence-corrected chi connectivity index (χ0v) is 9.96. The number of rotatable bonds is 0. The summed E-state index contributed by atoms with van der Waals surface area (Å²) in [6, 6.07) is 9.58. The van der Waals surface area contributed by atoms with E-state index in [1.807, 2.05) is 39.0 Å². The van der Waals surface area contributed by atoms with E-state index in [-0.39, 0.29) is 0 Å². The molecule has 0 aliphatic heterocycles. The number of nitrogens with zero attached hydrogens (tertiary/aromatic N) is 1. The lowest BCUT2D eigenvalue weighted by atomic mass is 10.2. The maximum atomic E-state index is 8.41. The first-order chi connectivity index (χ1) is 6.74. The van der Waals surface area contributed by atoms with Gasteiger partial charge in [-0.3, -0.25) is 0 Å². The van der Waals surface area contributed by atoms with Crippen LogP contribution in [0.1, 0.15) is 45.2 Å². The van der Waals surface area contributed by atoms with Crippen molar-refractivity contribution in [2.75, 3.05) is 0 Å². The maximum absolute atomic E-state index is 8.41. The Balaban J connectivity index is 0. The van der Waals surface area contributed by atoms with Crippen LogP contribution in [0.2, 0.25) is 0 Å². The fraction of sp³-hybridized carbons (Fsp3) is 0.462. The van der Waals surface area contributed by atoms with Gasteiger partial charge >= 0.3 is 0 Å². The van der Waals surface area contributed by atoms with Crippen LogP contribution < -0.4 is 0 Å². The van der Waals surface area contributed by atoms with E-state index < -0.39 is 0 Å². The second kappa shape index (κ2) is 11.7. The summed E-state index contributed by atoms with van der Waals surface area (Å²) in [7, 11) is 0. The quantitative estimate of drug-likeness (QED) is 0.599. The summed E-state index contributed by atoms with van der Waals surface area (Å²) in [4.78, 5) is 0. The van der Waals surface area contributed by atoms with Gasteiger partial charge in [0.2, 0.25) is 0 Å². The van der Waals surface area contributed by atoms with Crippen molar-refractivity contribution in [3.8, 4) is 6.07 Å². The second-order valence-electron chi connectivity index (χ2n) is 2.69. The molecule has 0 fully saturated rings. The van der Waals surface area contributed by atoms with Crippen LogP contribution in [0.15, 0.2) is 24.3 Å².